The molecule has 29 heavy (non-hydrogen) atoms. The van der Waals surface area contributed by atoms with Crippen LogP contribution in [0.2, 0.25) is 0 Å². The summed E-state index contributed by atoms with van der Waals surface area (Å²) in [7, 11) is 0. The van der Waals surface area contributed by atoms with E-state index in [0.717, 1.165) is 56.7 Å². The van der Waals surface area contributed by atoms with Crippen LogP contribution in [0.4, 0.5) is 0 Å². The Morgan fingerprint density at radius 2 is 2.07 bits per heavy atom. The van der Waals surface area contributed by atoms with E-state index in [1.54, 1.807) is 0 Å². The number of nitrogens with zero attached hydrogens (tertiary/aromatic N) is 2. The van der Waals surface area contributed by atoms with E-state index in [9.17, 15) is 0 Å². The van der Waals surface area contributed by atoms with Crippen molar-refractivity contribution < 1.29 is 9.15 Å². The third-order valence-electron chi connectivity index (χ3n) is 6.02. The molecule has 7 heteroatoms. The number of hydrogen-bond acceptors (Lipinski definition) is 5. The second-order valence-electron chi connectivity index (χ2n) is 7.82. The van der Waals surface area contributed by atoms with Crippen molar-refractivity contribution >= 4 is 28.7 Å². The lowest BCUT2D eigenvalue weighted by Crippen LogP contribution is -2.60. The fourth-order valence-electron chi connectivity index (χ4n) is 4.25. The fourth-order valence-corrected chi connectivity index (χ4v) is 5.73. The van der Waals surface area contributed by atoms with Gasteiger partial charge in [-0.15, -0.1) is 0 Å². The summed E-state index contributed by atoms with van der Waals surface area (Å²) in [6.45, 7) is 10.2. The number of guanidine groups is 1. The molecule has 3 heterocycles. The first-order chi connectivity index (χ1) is 14.2. The lowest BCUT2D eigenvalue weighted by molar-refractivity contribution is -0.0120. The highest BCUT2D eigenvalue weighted by atomic mass is 32.2. The highest BCUT2D eigenvalue weighted by Crippen LogP contribution is 2.33. The van der Waals surface area contributed by atoms with Gasteiger partial charge >= 0.3 is 0 Å². The van der Waals surface area contributed by atoms with Gasteiger partial charge in [0, 0.05) is 48.4 Å². The van der Waals surface area contributed by atoms with Gasteiger partial charge in [-0.2, -0.15) is 11.8 Å². The van der Waals surface area contributed by atoms with E-state index in [4.69, 9.17) is 14.1 Å². The van der Waals surface area contributed by atoms with Gasteiger partial charge in [0.15, 0.2) is 5.96 Å². The molecule has 1 atom stereocenters. The molecule has 2 fully saturated rings. The Hall–Kier alpha value is -1.70. The van der Waals surface area contributed by atoms with E-state index >= 15 is 0 Å². The Labute approximate surface area is 177 Å². The van der Waals surface area contributed by atoms with E-state index < -0.39 is 0 Å². The number of benzene rings is 1. The average molecular weight is 417 g/mol. The summed E-state index contributed by atoms with van der Waals surface area (Å²) in [5, 5.41) is 8.19. The molecule has 0 aliphatic carbocycles. The van der Waals surface area contributed by atoms with Gasteiger partial charge in [0.2, 0.25) is 0 Å². The summed E-state index contributed by atoms with van der Waals surface area (Å²) in [5.41, 5.74) is 2.31. The molecule has 1 aromatic carbocycles. The van der Waals surface area contributed by atoms with Gasteiger partial charge < -0.3 is 19.8 Å². The van der Waals surface area contributed by atoms with Crippen LogP contribution >= 0.6 is 11.8 Å². The van der Waals surface area contributed by atoms with Crippen LogP contribution < -0.4 is 10.6 Å². The summed E-state index contributed by atoms with van der Waals surface area (Å²) < 4.78 is 11.6. The lowest BCUT2D eigenvalue weighted by Gasteiger charge is -2.43. The first-order valence-corrected chi connectivity index (χ1v) is 11.8. The van der Waals surface area contributed by atoms with Gasteiger partial charge in [0.1, 0.15) is 17.9 Å². The largest absolute Gasteiger partial charge is 0.459 e. The van der Waals surface area contributed by atoms with Gasteiger partial charge in [-0.05, 0) is 32.1 Å². The molecule has 4 rings (SSSR count). The molecule has 2 aromatic rings. The third-order valence-corrected chi connectivity index (χ3v) is 7.25. The van der Waals surface area contributed by atoms with Gasteiger partial charge in [0.05, 0.1) is 13.2 Å². The smallest absolute Gasteiger partial charge is 0.191 e. The SMILES string of the molecule is CCNC(=NCc1oc2ccccc2c1C)NCC1(N2CCOCC2)CCSC1. The lowest BCUT2D eigenvalue weighted by atomic mass is 9.95. The fraction of sp³-hybridized carbons (Fsp3) is 0.591. The molecule has 0 radical (unpaired) electrons. The quantitative estimate of drug-likeness (QED) is 0.558. The molecule has 1 aromatic heterocycles. The van der Waals surface area contributed by atoms with Gasteiger partial charge in [-0.1, -0.05) is 18.2 Å². The highest BCUT2D eigenvalue weighted by Gasteiger charge is 2.40. The normalized spacial score (nSPS) is 23.6. The minimum absolute atomic E-state index is 0.194. The van der Waals surface area contributed by atoms with Crippen LogP contribution in [0.25, 0.3) is 11.0 Å². The zero-order valence-corrected chi connectivity index (χ0v) is 18.3. The van der Waals surface area contributed by atoms with Gasteiger partial charge in [0.25, 0.3) is 0 Å². The number of furan rings is 1. The number of nitrogens with one attached hydrogen (secondary N) is 2. The molecule has 0 amide bonds. The summed E-state index contributed by atoms with van der Waals surface area (Å²) in [5.74, 6) is 4.19. The van der Waals surface area contributed by atoms with Crippen LogP contribution in [0.15, 0.2) is 33.7 Å². The molecule has 2 N–H and O–H groups in total. The van der Waals surface area contributed by atoms with Gasteiger partial charge in [-0.25, -0.2) is 4.99 Å². The molecule has 1 unspecified atom stereocenters. The van der Waals surface area contributed by atoms with Crippen molar-refractivity contribution in [2.75, 3.05) is 50.9 Å². The van der Waals surface area contributed by atoms with Crippen LogP contribution in [0.5, 0.6) is 0 Å². The van der Waals surface area contributed by atoms with E-state index in [1.165, 1.54) is 28.9 Å². The zero-order valence-electron chi connectivity index (χ0n) is 17.5. The summed E-state index contributed by atoms with van der Waals surface area (Å²) >= 11 is 2.06. The Morgan fingerprint density at radius 1 is 1.24 bits per heavy atom. The average Bonchev–Trinajstić information content (AvgIpc) is 3.37. The second-order valence-corrected chi connectivity index (χ2v) is 8.93. The van der Waals surface area contributed by atoms with Crippen molar-refractivity contribution in [1.29, 1.82) is 0 Å². The predicted molar refractivity (Wildman–Crippen MR) is 121 cm³/mol. The molecular formula is C22H32N4O2S. The maximum atomic E-state index is 6.03. The van der Waals surface area contributed by atoms with Crippen LogP contribution in [0.3, 0.4) is 0 Å². The van der Waals surface area contributed by atoms with Crippen molar-refractivity contribution in [1.82, 2.24) is 15.5 Å². The molecule has 0 bridgehead atoms. The number of aryl methyl sites for hydroxylation is 1. The Balaban J connectivity index is 1.45. The number of morpholine rings is 1. The minimum atomic E-state index is 0.194. The van der Waals surface area contributed by atoms with Crippen molar-refractivity contribution in [3.8, 4) is 0 Å². The third kappa shape index (κ3) is 4.57. The highest BCUT2D eigenvalue weighted by molar-refractivity contribution is 7.99. The number of thioether (sulfide) groups is 1. The van der Waals surface area contributed by atoms with Gasteiger partial charge in [-0.3, -0.25) is 4.90 Å². The van der Waals surface area contributed by atoms with E-state index in [0.29, 0.717) is 6.54 Å². The molecular weight excluding hydrogens is 384 g/mol. The van der Waals surface area contributed by atoms with E-state index in [2.05, 4.69) is 47.2 Å². The Kier molecular flexibility index (Phi) is 6.67. The summed E-state index contributed by atoms with van der Waals surface area (Å²) in [6.07, 6.45) is 1.22. The van der Waals surface area contributed by atoms with E-state index in [1.807, 2.05) is 18.2 Å². The topological polar surface area (TPSA) is 62.0 Å². The summed E-state index contributed by atoms with van der Waals surface area (Å²) in [6, 6.07) is 8.18. The second kappa shape index (κ2) is 9.41. The number of para-hydroxylation sites is 1. The maximum Gasteiger partial charge on any atom is 0.191 e. The van der Waals surface area contributed by atoms with E-state index in [-0.39, 0.29) is 5.54 Å². The van der Waals surface area contributed by atoms with Crippen molar-refractivity contribution in [3.05, 3.63) is 35.6 Å². The molecule has 0 spiro atoms. The van der Waals surface area contributed by atoms with Crippen molar-refractivity contribution in [2.45, 2.75) is 32.4 Å². The van der Waals surface area contributed by atoms with Crippen LogP contribution in [0, 0.1) is 6.92 Å². The molecule has 0 saturated carbocycles. The van der Waals surface area contributed by atoms with Crippen LogP contribution in [-0.4, -0.2) is 67.3 Å². The monoisotopic (exact) mass is 416 g/mol. The Morgan fingerprint density at radius 3 is 2.79 bits per heavy atom. The van der Waals surface area contributed by atoms with Crippen LogP contribution in [-0.2, 0) is 11.3 Å². The Bertz CT molecular complexity index is 838. The first-order valence-electron chi connectivity index (χ1n) is 10.6. The van der Waals surface area contributed by atoms with Crippen molar-refractivity contribution in [2.24, 2.45) is 4.99 Å². The minimum Gasteiger partial charge on any atom is -0.459 e. The predicted octanol–water partition coefficient (Wildman–Crippen LogP) is 3.00. The molecule has 2 aliphatic heterocycles. The first kappa shape index (κ1) is 20.6. The van der Waals surface area contributed by atoms with Crippen LogP contribution in [0.1, 0.15) is 24.7 Å². The number of hydrogen-bond donors (Lipinski definition) is 2. The standard InChI is InChI=1S/C22H32N4O2S/c1-3-23-21(24-14-20-17(2)18-6-4-5-7-19(18)28-20)25-15-22(8-13-29-16-22)26-9-11-27-12-10-26/h4-7H,3,8-16H2,1-2H3,(H2,23,24,25). The maximum absolute atomic E-state index is 6.03. The molecule has 158 valence electrons. The molecule has 2 saturated heterocycles. The number of rotatable bonds is 6. The number of ether oxygens (including phenoxy) is 1. The number of fused-ring (bicyclic) bond motifs is 1. The number of aliphatic imine (C=N–C) groups is 1. The summed E-state index contributed by atoms with van der Waals surface area (Å²) in [4.78, 5) is 7.45. The zero-order chi connectivity index (χ0) is 20.1. The van der Waals surface area contributed by atoms with Crippen molar-refractivity contribution in [3.63, 3.8) is 0 Å². The molecule has 2 aliphatic rings. The molecule has 6 nitrogen and oxygen atoms in total.